The van der Waals surface area contributed by atoms with Gasteiger partial charge in [0.15, 0.2) is 0 Å². The summed E-state index contributed by atoms with van der Waals surface area (Å²) in [5, 5.41) is 9.53. The van der Waals surface area contributed by atoms with Gasteiger partial charge in [0.1, 0.15) is 0 Å². The van der Waals surface area contributed by atoms with Gasteiger partial charge in [-0.2, -0.15) is 0 Å². The lowest BCUT2D eigenvalue weighted by atomic mass is 9.94. The predicted molar refractivity (Wildman–Crippen MR) is 46.0 cm³/mol. The van der Waals surface area contributed by atoms with Gasteiger partial charge in [0.25, 0.3) is 0 Å². The molecule has 0 aliphatic carbocycles. The Balaban J connectivity index is 2.09. The van der Waals surface area contributed by atoms with Gasteiger partial charge in [-0.15, -0.1) is 0 Å². The molecule has 2 heterocycles. The average Bonchev–Trinajstić information content (AvgIpc) is 2.44. The van der Waals surface area contributed by atoms with Crippen molar-refractivity contribution in [2.45, 2.75) is 30.9 Å². The minimum atomic E-state index is -0.125. The summed E-state index contributed by atoms with van der Waals surface area (Å²) < 4.78 is 5.23. The molecule has 0 amide bonds. The van der Waals surface area contributed by atoms with Crippen LogP contribution in [0.3, 0.4) is 0 Å². The summed E-state index contributed by atoms with van der Waals surface area (Å²) in [5.74, 6) is 0. The van der Waals surface area contributed by atoms with Gasteiger partial charge in [0.2, 0.25) is 0 Å². The molecule has 2 aliphatic rings. The van der Waals surface area contributed by atoms with Crippen LogP contribution in [0.2, 0.25) is 0 Å². The normalized spacial score (nSPS) is 42.0. The van der Waals surface area contributed by atoms with Gasteiger partial charge < -0.3 is 9.84 Å². The van der Waals surface area contributed by atoms with Crippen molar-refractivity contribution in [1.82, 2.24) is 4.90 Å². The van der Waals surface area contributed by atoms with E-state index in [2.05, 4.69) is 4.90 Å². The third-order valence-corrected chi connectivity index (χ3v) is 3.20. The molecule has 12 heavy (non-hydrogen) atoms. The molecular weight excluding hydrogens is 154 g/mol. The Morgan fingerprint density at radius 2 is 2.50 bits per heavy atom. The van der Waals surface area contributed by atoms with E-state index in [0.29, 0.717) is 0 Å². The molecule has 2 rings (SSSR count). The number of ether oxygens (including phenoxy) is 1. The Labute approximate surface area is 73.3 Å². The van der Waals surface area contributed by atoms with E-state index in [1.165, 1.54) is 12.8 Å². The van der Waals surface area contributed by atoms with Crippen LogP contribution in [0.4, 0.5) is 0 Å². The molecule has 0 aromatic carbocycles. The molecule has 0 bridgehead atoms. The predicted octanol–water partition coefficient (Wildman–Crippen LogP) is 0.232. The van der Waals surface area contributed by atoms with Gasteiger partial charge in [-0.1, -0.05) is 0 Å². The van der Waals surface area contributed by atoms with Crippen molar-refractivity contribution in [3.8, 4) is 0 Å². The van der Waals surface area contributed by atoms with Crippen LogP contribution in [0.5, 0.6) is 0 Å². The zero-order chi connectivity index (χ0) is 8.60. The summed E-state index contributed by atoms with van der Waals surface area (Å²) in [7, 11) is 1.75. The molecule has 3 nitrogen and oxygen atoms in total. The van der Waals surface area contributed by atoms with Gasteiger partial charge in [-0.05, 0) is 25.8 Å². The first-order valence-corrected chi connectivity index (χ1v) is 4.69. The van der Waals surface area contributed by atoms with E-state index in [1.807, 2.05) is 0 Å². The molecular formula is C9H17NO2. The number of β-amino-alcohol motifs (C(OH)–C–C–N with tert-alkyl or cyclic N) is 1. The van der Waals surface area contributed by atoms with Crippen LogP contribution < -0.4 is 0 Å². The lowest BCUT2D eigenvalue weighted by molar-refractivity contribution is 0.0646. The highest BCUT2D eigenvalue weighted by atomic mass is 16.5. The molecule has 2 aliphatic heterocycles. The molecule has 70 valence electrons. The molecule has 0 aromatic heterocycles. The van der Waals surface area contributed by atoms with E-state index in [9.17, 15) is 5.11 Å². The van der Waals surface area contributed by atoms with E-state index in [-0.39, 0.29) is 11.6 Å². The number of aliphatic hydroxyl groups is 1. The first kappa shape index (κ1) is 8.48. The first-order chi connectivity index (χ1) is 5.77. The number of nitrogens with zero attached hydrogens (tertiary/aromatic N) is 1. The zero-order valence-electron chi connectivity index (χ0n) is 7.62. The summed E-state index contributed by atoms with van der Waals surface area (Å²) in [5.41, 5.74) is 0.189. The summed E-state index contributed by atoms with van der Waals surface area (Å²) in [6.07, 6.45) is 3.23. The molecule has 2 fully saturated rings. The third kappa shape index (κ3) is 1.16. The monoisotopic (exact) mass is 171 g/mol. The fourth-order valence-electron chi connectivity index (χ4n) is 2.76. The van der Waals surface area contributed by atoms with Crippen molar-refractivity contribution in [3.05, 3.63) is 0 Å². The largest absolute Gasteiger partial charge is 0.392 e. The Bertz CT molecular complexity index is 174. The fraction of sp³-hybridized carbons (Fsp3) is 1.00. The quantitative estimate of drug-likeness (QED) is 0.645. The number of fused-ring (bicyclic) bond motifs is 1. The van der Waals surface area contributed by atoms with Crippen molar-refractivity contribution < 1.29 is 9.84 Å². The fourth-order valence-corrected chi connectivity index (χ4v) is 2.76. The van der Waals surface area contributed by atoms with Gasteiger partial charge in [0.05, 0.1) is 12.7 Å². The van der Waals surface area contributed by atoms with Crippen molar-refractivity contribution in [2.75, 3.05) is 26.8 Å². The molecule has 0 saturated carbocycles. The van der Waals surface area contributed by atoms with Crippen molar-refractivity contribution in [3.63, 3.8) is 0 Å². The second kappa shape index (κ2) is 2.98. The average molecular weight is 171 g/mol. The number of hydrogen-bond acceptors (Lipinski definition) is 3. The standard InChI is InChI=1S/C9H17NO2/c1-12-7-9-3-2-4-10(9)6-8(11)5-9/h8,11H,2-7H2,1H3. The topological polar surface area (TPSA) is 32.7 Å². The molecule has 1 N–H and O–H groups in total. The van der Waals surface area contributed by atoms with Crippen molar-refractivity contribution in [1.29, 1.82) is 0 Å². The first-order valence-electron chi connectivity index (χ1n) is 4.69. The van der Waals surface area contributed by atoms with Gasteiger partial charge >= 0.3 is 0 Å². The Morgan fingerprint density at radius 3 is 3.25 bits per heavy atom. The lowest BCUT2D eigenvalue weighted by Gasteiger charge is -2.30. The number of rotatable bonds is 2. The Hall–Kier alpha value is -0.120. The number of aliphatic hydroxyl groups excluding tert-OH is 1. The number of hydrogen-bond donors (Lipinski definition) is 1. The van der Waals surface area contributed by atoms with E-state index in [1.54, 1.807) is 7.11 Å². The summed E-state index contributed by atoms with van der Waals surface area (Å²) >= 11 is 0. The highest BCUT2D eigenvalue weighted by Crippen LogP contribution is 2.38. The smallest absolute Gasteiger partial charge is 0.0685 e. The molecule has 2 saturated heterocycles. The van der Waals surface area contributed by atoms with E-state index in [4.69, 9.17) is 4.74 Å². The van der Waals surface area contributed by atoms with Gasteiger partial charge in [0, 0.05) is 19.2 Å². The SMILES string of the molecule is COCC12CCCN1CC(O)C2. The molecule has 2 atom stereocenters. The van der Waals surface area contributed by atoms with Crippen LogP contribution in [-0.4, -0.2) is 48.5 Å². The molecule has 3 heteroatoms. The summed E-state index contributed by atoms with van der Waals surface area (Å²) in [4.78, 5) is 2.39. The molecule has 0 spiro atoms. The lowest BCUT2D eigenvalue weighted by Crippen LogP contribution is -2.42. The van der Waals surface area contributed by atoms with Crippen LogP contribution in [0.25, 0.3) is 0 Å². The van der Waals surface area contributed by atoms with Crippen LogP contribution in [0, 0.1) is 0 Å². The second-order valence-corrected chi connectivity index (χ2v) is 4.06. The zero-order valence-corrected chi connectivity index (χ0v) is 7.62. The van der Waals surface area contributed by atoms with Crippen molar-refractivity contribution in [2.24, 2.45) is 0 Å². The Morgan fingerprint density at radius 1 is 1.67 bits per heavy atom. The van der Waals surface area contributed by atoms with E-state index in [0.717, 1.165) is 26.1 Å². The van der Waals surface area contributed by atoms with E-state index < -0.39 is 0 Å². The maximum Gasteiger partial charge on any atom is 0.0685 e. The van der Waals surface area contributed by atoms with Crippen LogP contribution in [0.1, 0.15) is 19.3 Å². The van der Waals surface area contributed by atoms with Gasteiger partial charge in [-0.3, -0.25) is 4.90 Å². The summed E-state index contributed by atoms with van der Waals surface area (Å²) in [6.45, 7) is 2.77. The highest BCUT2D eigenvalue weighted by molar-refractivity contribution is 5.03. The Kier molecular flexibility index (Phi) is 2.10. The third-order valence-electron chi connectivity index (χ3n) is 3.20. The van der Waals surface area contributed by atoms with Crippen molar-refractivity contribution >= 4 is 0 Å². The van der Waals surface area contributed by atoms with Crippen LogP contribution in [0.15, 0.2) is 0 Å². The van der Waals surface area contributed by atoms with Crippen LogP contribution in [-0.2, 0) is 4.74 Å². The summed E-state index contributed by atoms with van der Waals surface area (Å²) in [6, 6.07) is 0. The minimum Gasteiger partial charge on any atom is -0.392 e. The maximum atomic E-state index is 9.53. The maximum absolute atomic E-state index is 9.53. The van der Waals surface area contributed by atoms with Gasteiger partial charge in [-0.25, -0.2) is 0 Å². The van der Waals surface area contributed by atoms with Crippen LogP contribution >= 0.6 is 0 Å². The second-order valence-electron chi connectivity index (χ2n) is 4.06. The van der Waals surface area contributed by atoms with E-state index >= 15 is 0 Å². The molecule has 2 unspecified atom stereocenters. The molecule has 0 radical (unpaired) electrons. The number of methoxy groups -OCH3 is 1. The highest BCUT2D eigenvalue weighted by Gasteiger charge is 2.47. The molecule has 0 aromatic rings. The minimum absolute atomic E-state index is 0.125.